The molecule has 0 saturated carbocycles. The van der Waals surface area contributed by atoms with Crippen LogP contribution in [-0.4, -0.2) is 25.2 Å². The number of rotatable bonds is 2. The Morgan fingerprint density at radius 3 is 2.67 bits per heavy atom. The normalized spacial score (nSPS) is 10.7. The Morgan fingerprint density at radius 1 is 1.10 bits per heavy atom. The topological polar surface area (TPSA) is 97.2 Å². The Morgan fingerprint density at radius 2 is 1.90 bits per heavy atom. The molecule has 0 spiro atoms. The number of benzene rings is 2. The molecule has 0 radical (unpaired) electrons. The summed E-state index contributed by atoms with van der Waals surface area (Å²) in [5.74, 6) is 0.335. The van der Waals surface area contributed by atoms with E-state index in [4.69, 9.17) is 17.3 Å². The minimum absolute atomic E-state index is 0.00839. The van der Waals surface area contributed by atoms with Crippen LogP contribution >= 0.6 is 11.6 Å². The summed E-state index contributed by atoms with van der Waals surface area (Å²) in [6.07, 6.45) is 0. The first kappa shape index (κ1) is 13.3. The van der Waals surface area contributed by atoms with E-state index in [2.05, 4.69) is 10.3 Å². The van der Waals surface area contributed by atoms with Crippen LogP contribution in [0.15, 0.2) is 42.5 Å². The fourth-order valence-corrected chi connectivity index (χ4v) is 2.17. The standard InChI is InChI=1S/C14H11ClN4O2/c15-8-4-5-12(21)11(6-8)13-14(16)19(18-17-13)9-2-1-3-10(20)7-9/h1-7,20-21H,16H2. The first-order chi connectivity index (χ1) is 10.1. The number of nitrogens with zero attached hydrogens (tertiary/aromatic N) is 3. The quantitative estimate of drug-likeness (QED) is 0.676. The maximum Gasteiger partial charge on any atom is 0.156 e. The summed E-state index contributed by atoms with van der Waals surface area (Å²) in [5.41, 5.74) is 7.31. The molecule has 106 valence electrons. The van der Waals surface area contributed by atoms with Crippen molar-refractivity contribution in [3.8, 4) is 28.4 Å². The fraction of sp³-hybridized carbons (Fsp3) is 0. The van der Waals surface area contributed by atoms with Gasteiger partial charge in [0.2, 0.25) is 0 Å². The van der Waals surface area contributed by atoms with E-state index < -0.39 is 0 Å². The molecule has 0 bridgehead atoms. The summed E-state index contributed by atoms with van der Waals surface area (Å²) >= 11 is 5.92. The van der Waals surface area contributed by atoms with E-state index in [0.717, 1.165) is 0 Å². The predicted octanol–water partition coefficient (Wildman–Crippen LogP) is 2.58. The molecule has 0 unspecified atom stereocenters. The van der Waals surface area contributed by atoms with Crippen LogP contribution in [0.3, 0.4) is 0 Å². The van der Waals surface area contributed by atoms with Crippen LogP contribution < -0.4 is 5.73 Å². The molecule has 3 aromatic rings. The Hall–Kier alpha value is -2.73. The lowest BCUT2D eigenvalue weighted by Gasteiger charge is -2.05. The van der Waals surface area contributed by atoms with Gasteiger partial charge in [-0.15, -0.1) is 5.10 Å². The molecule has 0 atom stereocenters. The largest absolute Gasteiger partial charge is 0.508 e. The first-order valence-corrected chi connectivity index (χ1v) is 6.43. The van der Waals surface area contributed by atoms with Gasteiger partial charge in [-0.3, -0.25) is 0 Å². The lowest BCUT2D eigenvalue weighted by molar-refractivity contribution is 0.474. The molecule has 6 nitrogen and oxygen atoms in total. The second-order valence-corrected chi connectivity index (χ2v) is 4.85. The number of aromatic nitrogens is 3. The summed E-state index contributed by atoms with van der Waals surface area (Å²) in [4.78, 5) is 0. The van der Waals surface area contributed by atoms with Crippen molar-refractivity contribution in [2.45, 2.75) is 0 Å². The maximum atomic E-state index is 9.91. The Labute approximate surface area is 125 Å². The molecule has 3 rings (SSSR count). The number of aromatic hydroxyl groups is 2. The molecule has 0 aliphatic rings. The number of phenols is 2. The molecule has 0 saturated heterocycles. The van der Waals surface area contributed by atoms with Gasteiger partial charge in [0.15, 0.2) is 5.82 Å². The summed E-state index contributed by atoms with van der Waals surface area (Å²) in [6, 6.07) is 11.0. The van der Waals surface area contributed by atoms with E-state index in [9.17, 15) is 10.2 Å². The zero-order valence-electron chi connectivity index (χ0n) is 10.7. The molecule has 0 aliphatic heterocycles. The highest BCUT2D eigenvalue weighted by atomic mass is 35.5. The SMILES string of the molecule is Nc1c(-c2cc(Cl)ccc2O)nnn1-c1cccc(O)c1. The van der Waals surface area contributed by atoms with Crippen molar-refractivity contribution in [2.75, 3.05) is 5.73 Å². The van der Waals surface area contributed by atoms with E-state index in [0.29, 0.717) is 22.0 Å². The van der Waals surface area contributed by atoms with Gasteiger partial charge in [0.1, 0.15) is 17.2 Å². The Balaban J connectivity index is 2.13. The van der Waals surface area contributed by atoms with E-state index in [-0.39, 0.29) is 17.3 Å². The van der Waals surface area contributed by atoms with Gasteiger partial charge < -0.3 is 15.9 Å². The van der Waals surface area contributed by atoms with Gasteiger partial charge in [0.05, 0.1) is 5.69 Å². The summed E-state index contributed by atoms with van der Waals surface area (Å²) in [7, 11) is 0. The van der Waals surface area contributed by atoms with Gasteiger partial charge in [-0.1, -0.05) is 22.9 Å². The average Bonchev–Trinajstić information content (AvgIpc) is 2.83. The van der Waals surface area contributed by atoms with Gasteiger partial charge in [-0.2, -0.15) is 4.68 Å². The van der Waals surface area contributed by atoms with Crippen LogP contribution in [-0.2, 0) is 0 Å². The van der Waals surface area contributed by atoms with Crippen LogP contribution in [0.5, 0.6) is 11.5 Å². The van der Waals surface area contributed by atoms with Gasteiger partial charge in [0, 0.05) is 16.7 Å². The van der Waals surface area contributed by atoms with Crippen LogP contribution in [0.4, 0.5) is 5.82 Å². The molecular weight excluding hydrogens is 292 g/mol. The van der Waals surface area contributed by atoms with Crippen molar-refractivity contribution in [3.05, 3.63) is 47.5 Å². The highest BCUT2D eigenvalue weighted by Crippen LogP contribution is 2.34. The first-order valence-electron chi connectivity index (χ1n) is 6.06. The van der Waals surface area contributed by atoms with Crippen LogP contribution in [0.25, 0.3) is 16.9 Å². The van der Waals surface area contributed by atoms with Crippen molar-refractivity contribution >= 4 is 17.4 Å². The lowest BCUT2D eigenvalue weighted by Crippen LogP contribution is -2.02. The number of phenolic OH excluding ortho intramolecular Hbond substituents is 2. The highest BCUT2D eigenvalue weighted by molar-refractivity contribution is 6.31. The third-order valence-electron chi connectivity index (χ3n) is 2.99. The molecule has 2 aromatic carbocycles. The minimum atomic E-state index is 0.00839. The summed E-state index contributed by atoms with van der Waals surface area (Å²) in [6.45, 7) is 0. The molecule has 0 fully saturated rings. The second kappa shape index (κ2) is 4.99. The molecule has 1 heterocycles. The smallest absolute Gasteiger partial charge is 0.156 e. The predicted molar refractivity (Wildman–Crippen MR) is 79.5 cm³/mol. The van der Waals surface area contributed by atoms with Crippen LogP contribution in [0, 0.1) is 0 Å². The number of hydrogen-bond acceptors (Lipinski definition) is 5. The van der Waals surface area contributed by atoms with Crippen molar-refractivity contribution in [1.29, 1.82) is 0 Å². The Kier molecular flexibility index (Phi) is 3.15. The molecule has 0 aliphatic carbocycles. The van der Waals surface area contributed by atoms with E-state index in [1.165, 1.54) is 16.8 Å². The zero-order valence-corrected chi connectivity index (χ0v) is 11.5. The number of hydrogen-bond donors (Lipinski definition) is 3. The van der Waals surface area contributed by atoms with E-state index in [1.807, 2.05) is 0 Å². The lowest BCUT2D eigenvalue weighted by atomic mass is 10.1. The van der Waals surface area contributed by atoms with Crippen molar-refractivity contribution in [3.63, 3.8) is 0 Å². The molecular formula is C14H11ClN4O2. The molecule has 0 amide bonds. The molecule has 21 heavy (non-hydrogen) atoms. The molecule has 4 N–H and O–H groups in total. The van der Waals surface area contributed by atoms with Crippen LogP contribution in [0.1, 0.15) is 0 Å². The third kappa shape index (κ3) is 2.36. The van der Waals surface area contributed by atoms with Gasteiger partial charge >= 0.3 is 0 Å². The van der Waals surface area contributed by atoms with Gasteiger partial charge in [-0.25, -0.2) is 0 Å². The average molecular weight is 303 g/mol. The van der Waals surface area contributed by atoms with Crippen molar-refractivity contribution in [1.82, 2.24) is 15.0 Å². The second-order valence-electron chi connectivity index (χ2n) is 4.42. The maximum absolute atomic E-state index is 9.91. The highest BCUT2D eigenvalue weighted by Gasteiger charge is 2.16. The molecule has 7 heteroatoms. The van der Waals surface area contributed by atoms with Crippen molar-refractivity contribution in [2.24, 2.45) is 0 Å². The summed E-state index contributed by atoms with van der Waals surface area (Å²) < 4.78 is 1.37. The van der Waals surface area contributed by atoms with Gasteiger partial charge in [0.25, 0.3) is 0 Å². The monoisotopic (exact) mass is 302 g/mol. The number of anilines is 1. The summed E-state index contributed by atoms with van der Waals surface area (Å²) in [5, 5.41) is 27.8. The fourth-order valence-electron chi connectivity index (χ4n) is 1.99. The van der Waals surface area contributed by atoms with Crippen LogP contribution in [0.2, 0.25) is 5.02 Å². The van der Waals surface area contributed by atoms with Crippen molar-refractivity contribution < 1.29 is 10.2 Å². The number of nitrogen functional groups attached to an aromatic ring is 1. The third-order valence-corrected chi connectivity index (χ3v) is 3.23. The zero-order chi connectivity index (χ0) is 15.0. The molecule has 1 aromatic heterocycles. The number of halogens is 1. The van der Waals surface area contributed by atoms with E-state index >= 15 is 0 Å². The number of nitrogens with two attached hydrogens (primary N) is 1. The van der Waals surface area contributed by atoms with Gasteiger partial charge in [-0.05, 0) is 30.3 Å². The van der Waals surface area contributed by atoms with E-state index in [1.54, 1.807) is 30.3 Å². The Bertz CT molecular complexity index is 816. The minimum Gasteiger partial charge on any atom is -0.508 e.